The van der Waals surface area contributed by atoms with E-state index in [9.17, 15) is 22.7 Å². The first-order chi connectivity index (χ1) is 11.3. The SMILES string of the molecule is COc1ccc(C(F)(F)F)cc1N(C=S)Cc1ccc(F)c(O)c1. The largest absolute Gasteiger partial charge is 0.505 e. The number of methoxy groups -OCH3 is 1. The van der Waals surface area contributed by atoms with Crippen LogP contribution in [-0.4, -0.2) is 17.7 Å². The molecule has 2 rings (SSSR count). The zero-order valence-electron chi connectivity index (χ0n) is 12.5. The molecule has 0 heterocycles. The van der Waals surface area contributed by atoms with Crippen LogP contribution < -0.4 is 9.64 Å². The van der Waals surface area contributed by atoms with Crippen molar-refractivity contribution in [3.05, 3.63) is 53.3 Å². The standard InChI is InChI=1S/C16H13F4NO2S/c1-23-15-5-3-11(16(18,19)20)7-13(15)21(9-24)8-10-2-4-12(17)14(22)6-10/h2-7,9,22H,8H2,1H3. The first-order valence-corrected chi connectivity index (χ1v) is 7.18. The molecule has 0 atom stereocenters. The summed E-state index contributed by atoms with van der Waals surface area (Å²) in [6.45, 7) is 0.0367. The van der Waals surface area contributed by atoms with E-state index in [2.05, 4.69) is 0 Å². The topological polar surface area (TPSA) is 32.7 Å². The minimum Gasteiger partial charge on any atom is -0.505 e. The Morgan fingerprint density at radius 3 is 2.46 bits per heavy atom. The first-order valence-electron chi connectivity index (χ1n) is 6.71. The van der Waals surface area contributed by atoms with Crippen LogP contribution in [0.5, 0.6) is 11.5 Å². The van der Waals surface area contributed by atoms with E-state index in [1.165, 1.54) is 35.7 Å². The normalized spacial score (nSPS) is 11.2. The molecule has 0 aliphatic heterocycles. The molecule has 8 heteroatoms. The molecule has 0 fully saturated rings. The van der Waals surface area contributed by atoms with Crippen LogP contribution in [0, 0.1) is 5.82 Å². The number of anilines is 1. The molecule has 2 aromatic rings. The molecule has 0 bridgehead atoms. The van der Waals surface area contributed by atoms with Crippen LogP contribution in [0.15, 0.2) is 36.4 Å². The van der Waals surface area contributed by atoms with Gasteiger partial charge in [-0.15, -0.1) is 0 Å². The third-order valence-corrected chi connectivity index (χ3v) is 3.56. The minimum atomic E-state index is -4.51. The predicted molar refractivity (Wildman–Crippen MR) is 85.9 cm³/mol. The van der Waals surface area contributed by atoms with Crippen molar-refractivity contribution in [1.29, 1.82) is 0 Å². The molecule has 0 aromatic heterocycles. The van der Waals surface area contributed by atoms with Crippen molar-refractivity contribution in [2.45, 2.75) is 12.7 Å². The number of benzene rings is 2. The van der Waals surface area contributed by atoms with E-state index in [4.69, 9.17) is 17.0 Å². The summed E-state index contributed by atoms with van der Waals surface area (Å²) in [7, 11) is 1.33. The molecule has 0 amide bonds. The number of ether oxygens (including phenoxy) is 1. The van der Waals surface area contributed by atoms with E-state index in [1.54, 1.807) is 0 Å². The number of halogens is 4. The minimum absolute atomic E-state index is 0.0367. The van der Waals surface area contributed by atoms with Crippen LogP contribution >= 0.6 is 12.2 Å². The summed E-state index contributed by atoms with van der Waals surface area (Å²) in [5, 5.41) is 9.40. The molecular weight excluding hydrogens is 346 g/mol. The Bertz CT molecular complexity index is 749. The summed E-state index contributed by atoms with van der Waals surface area (Å²) >= 11 is 4.89. The average molecular weight is 359 g/mol. The maximum absolute atomic E-state index is 13.1. The maximum Gasteiger partial charge on any atom is 0.416 e. The van der Waals surface area contributed by atoms with Crippen molar-refractivity contribution >= 4 is 23.4 Å². The van der Waals surface area contributed by atoms with Crippen LogP contribution in [0.2, 0.25) is 0 Å². The quantitative estimate of drug-likeness (QED) is 0.628. The number of thiocarbonyl (C=S) groups is 1. The number of rotatable bonds is 5. The Hall–Kier alpha value is -2.35. The van der Waals surface area contributed by atoms with E-state index in [-0.39, 0.29) is 18.0 Å². The number of hydrogen-bond donors (Lipinski definition) is 1. The Morgan fingerprint density at radius 2 is 1.92 bits per heavy atom. The van der Waals surface area contributed by atoms with E-state index in [0.717, 1.165) is 18.2 Å². The lowest BCUT2D eigenvalue weighted by Gasteiger charge is -2.23. The van der Waals surface area contributed by atoms with Crippen LogP contribution in [-0.2, 0) is 12.7 Å². The van der Waals surface area contributed by atoms with Crippen LogP contribution in [0.25, 0.3) is 0 Å². The highest BCUT2D eigenvalue weighted by Crippen LogP contribution is 2.37. The lowest BCUT2D eigenvalue weighted by molar-refractivity contribution is -0.137. The molecule has 0 saturated carbocycles. The Balaban J connectivity index is 2.41. The summed E-state index contributed by atoms with van der Waals surface area (Å²) in [6.07, 6.45) is -4.51. The molecule has 0 radical (unpaired) electrons. The summed E-state index contributed by atoms with van der Waals surface area (Å²) in [5.74, 6) is -1.13. The van der Waals surface area contributed by atoms with Crippen molar-refractivity contribution in [3.8, 4) is 11.5 Å². The van der Waals surface area contributed by atoms with Gasteiger partial charge in [0.1, 0.15) is 5.75 Å². The van der Waals surface area contributed by atoms with E-state index in [1.807, 2.05) is 0 Å². The number of alkyl halides is 3. The van der Waals surface area contributed by atoms with Crippen LogP contribution in [0.1, 0.15) is 11.1 Å². The van der Waals surface area contributed by atoms with Gasteiger partial charge >= 0.3 is 6.18 Å². The van der Waals surface area contributed by atoms with Crippen LogP contribution in [0.4, 0.5) is 23.2 Å². The molecule has 3 nitrogen and oxygen atoms in total. The highest BCUT2D eigenvalue weighted by molar-refractivity contribution is 7.79. The van der Waals surface area contributed by atoms with Crippen molar-refractivity contribution in [1.82, 2.24) is 0 Å². The molecule has 24 heavy (non-hydrogen) atoms. The van der Waals surface area contributed by atoms with Crippen molar-refractivity contribution < 1.29 is 27.4 Å². The van der Waals surface area contributed by atoms with Crippen LogP contribution in [0.3, 0.4) is 0 Å². The Kier molecular flexibility index (Phi) is 5.28. The summed E-state index contributed by atoms with van der Waals surface area (Å²) in [6, 6.07) is 6.68. The number of aromatic hydroxyl groups is 1. The van der Waals surface area contributed by atoms with E-state index < -0.39 is 23.3 Å². The lowest BCUT2D eigenvalue weighted by atomic mass is 10.1. The monoisotopic (exact) mass is 359 g/mol. The summed E-state index contributed by atoms with van der Waals surface area (Å²) in [5.41, 5.74) is 0.904. The summed E-state index contributed by atoms with van der Waals surface area (Å²) < 4.78 is 57.0. The van der Waals surface area contributed by atoms with Crippen molar-refractivity contribution in [2.75, 3.05) is 12.0 Å². The molecule has 1 N–H and O–H groups in total. The zero-order valence-corrected chi connectivity index (χ0v) is 13.3. The third-order valence-electron chi connectivity index (χ3n) is 3.31. The average Bonchev–Trinajstić information content (AvgIpc) is 2.54. The second-order valence-corrected chi connectivity index (χ2v) is 5.11. The molecule has 0 unspecified atom stereocenters. The van der Waals surface area contributed by atoms with Gasteiger partial charge < -0.3 is 14.7 Å². The number of phenols is 1. The molecule has 2 aromatic carbocycles. The Labute approximate surface area is 141 Å². The fraction of sp³-hybridized carbons (Fsp3) is 0.188. The van der Waals surface area contributed by atoms with Gasteiger partial charge in [0.15, 0.2) is 11.6 Å². The smallest absolute Gasteiger partial charge is 0.416 e. The van der Waals surface area contributed by atoms with Gasteiger partial charge in [0.05, 0.1) is 23.9 Å². The molecule has 0 aliphatic rings. The van der Waals surface area contributed by atoms with E-state index >= 15 is 0 Å². The predicted octanol–water partition coefficient (Wildman–Crippen LogP) is 4.52. The zero-order chi connectivity index (χ0) is 17.9. The molecule has 128 valence electrons. The van der Waals surface area contributed by atoms with Gasteiger partial charge in [-0.1, -0.05) is 18.3 Å². The van der Waals surface area contributed by atoms with Gasteiger partial charge in [-0.2, -0.15) is 13.2 Å². The van der Waals surface area contributed by atoms with Gasteiger partial charge in [-0.05, 0) is 35.9 Å². The highest BCUT2D eigenvalue weighted by Gasteiger charge is 2.31. The van der Waals surface area contributed by atoms with Gasteiger partial charge in [-0.25, -0.2) is 4.39 Å². The molecule has 0 saturated heterocycles. The van der Waals surface area contributed by atoms with Crippen molar-refractivity contribution in [3.63, 3.8) is 0 Å². The number of nitrogens with zero attached hydrogens (tertiary/aromatic N) is 1. The maximum atomic E-state index is 13.1. The summed E-state index contributed by atoms with van der Waals surface area (Å²) in [4.78, 5) is 1.34. The first kappa shape index (κ1) is 18.0. The molecular formula is C16H13F4NO2S. The van der Waals surface area contributed by atoms with Gasteiger partial charge in [0.2, 0.25) is 0 Å². The highest BCUT2D eigenvalue weighted by atomic mass is 32.1. The second-order valence-electron chi connectivity index (χ2n) is 4.90. The van der Waals surface area contributed by atoms with Crippen molar-refractivity contribution in [2.24, 2.45) is 0 Å². The molecule has 0 spiro atoms. The fourth-order valence-electron chi connectivity index (χ4n) is 2.12. The second kappa shape index (κ2) is 7.04. The lowest BCUT2D eigenvalue weighted by Crippen LogP contribution is -2.21. The van der Waals surface area contributed by atoms with Gasteiger partial charge in [-0.3, -0.25) is 0 Å². The van der Waals surface area contributed by atoms with Gasteiger partial charge in [0.25, 0.3) is 0 Å². The fourth-order valence-corrected chi connectivity index (χ4v) is 2.31. The number of phenolic OH excluding ortho intramolecular Hbond substituents is 1. The van der Waals surface area contributed by atoms with E-state index in [0.29, 0.717) is 5.56 Å². The number of hydrogen-bond acceptors (Lipinski definition) is 3. The molecule has 0 aliphatic carbocycles. The van der Waals surface area contributed by atoms with Gasteiger partial charge in [0, 0.05) is 6.54 Å². The third kappa shape index (κ3) is 3.94. The Morgan fingerprint density at radius 1 is 1.21 bits per heavy atom.